The summed E-state index contributed by atoms with van der Waals surface area (Å²) in [6, 6.07) is 16.8. The van der Waals surface area contributed by atoms with E-state index in [0.29, 0.717) is 0 Å². The average Bonchev–Trinajstić information content (AvgIpc) is 2.61. The maximum absolute atomic E-state index is 4.70. The van der Waals surface area contributed by atoms with Gasteiger partial charge in [-0.2, -0.15) is 0 Å². The van der Waals surface area contributed by atoms with E-state index in [1.54, 1.807) is 0 Å². The SMILES string of the molecule is Cc1[c-]c(-c2nccc3c2ccc2c(C)c(C)ccc23)cc(C)c1C.[Ir]. The summed E-state index contributed by atoms with van der Waals surface area (Å²) in [4.78, 5) is 4.70. The first-order chi connectivity index (χ1) is 12.0. The molecule has 0 bridgehead atoms. The van der Waals surface area contributed by atoms with E-state index in [2.05, 4.69) is 77.1 Å². The Hall–Kier alpha value is -2.02. The van der Waals surface area contributed by atoms with E-state index in [9.17, 15) is 0 Å². The maximum atomic E-state index is 4.70. The van der Waals surface area contributed by atoms with Crippen LogP contribution in [0.5, 0.6) is 0 Å². The van der Waals surface area contributed by atoms with Crippen LogP contribution < -0.4 is 0 Å². The van der Waals surface area contributed by atoms with Crippen LogP contribution in [0, 0.1) is 40.7 Å². The van der Waals surface area contributed by atoms with Gasteiger partial charge in [0.15, 0.2) is 0 Å². The van der Waals surface area contributed by atoms with Gasteiger partial charge in [0.2, 0.25) is 0 Å². The van der Waals surface area contributed by atoms with Crippen LogP contribution in [0.2, 0.25) is 0 Å². The predicted octanol–water partition coefficient (Wildman–Crippen LogP) is 6.39. The zero-order valence-corrected chi connectivity index (χ0v) is 18.2. The molecule has 0 fully saturated rings. The predicted molar refractivity (Wildman–Crippen MR) is 107 cm³/mol. The molecule has 3 aromatic carbocycles. The van der Waals surface area contributed by atoms with Gasteiger partial charge in [-0.3, -0.25) is 0 Å². The molecule has 4 rings (SSSR count). The number of hydrogen-bond donors (Lipinski definition) is 0. The second-order valence-electron chi connectivity index (χ2n) is 7.04. The Labute approximate surface area is 168 Å². The van der Waals surface area contributed by atoms with Crippen LogP contribution in [-0.4, -0.2) is 4.98 Å². The van der Waals surface area contributed by atoms with Crippen LogP contribution in [0.1, 0.15) is 27.8 Å². The Balaban J connectivity index is 0.00000196. The summed E-state index contributed by atoms with van der Waals surface area (Å²) in [5, 5.41) is 5.07. The molecule has 0 saturated heterocycles. The van der Waals surface area contributed by atoms with Gasteiger partial charge in [-0.15, -0.1) is 34.4 Å². The molecule has 0 N–H and O–H groups in total. The van der Waals surface area contributed by atoms with Crippen molar-refractivity contribution in [1.29, 1.82) is 0 Å². The first kappa shape index (κ1) is 18.8. The van der Waals surface area contributed by atoms with Gasteiger partial charge in [-0.25, -0.2) is 0 Å². The Morgan fingerprint density at radius 1 is 0.692 bits per heavy atom. The smallest absolute Gasteiger partial charge is 0.0167 e. The third-order valence-electron chi connectivity index (χ3n) is 5.57. The number of aromatic nitrogens is 1. The molecular formula is C24H22IrN-. The first-order valence-corrected chi connectivity index (χ1v) is 8.75. The summed E-state index contributed by atoms with van der Waals surface area (Å²) in [6.45, 7) is 10.8. The monoisotopic (exact) mass is 517 g/mol. The van der Waals surface area contributed by atoms with Crippen molar-refractivity contribution in [3.8, 4) is 11.3 Å². The van der Waals surface area contributed by atoms with Crippen molar-refractivity contribution in [2.45, 2.75) is 34.6 Å². The number of benzene rings is 3. The molecule has 4 aromatic rings. The molecule has 133 valence electrons. The van der Waals surface area contributed by atoms with Gasteiger partial charge in [0.25, 0.3) is 0 Å². The van der Waals surface area contributed by atoms with Crippen LogP contribution >= 0.6 is 0 Å². The molecule has 0 amide bonds. The molecule has 0 aliphatic rings. The number of hydrogen-bond acceptors (Lipinski definition) is 1. The van der Waals surface area contributed by atoms with Crippen LogP contribution in [0.3, 0.4) is 0 Å². The normalized spacial score (nSPS) is 11.0. The molecule has 1 radical (unpaired) electrons. The van der Waals surface area contributed by atoms with Crippen LogP contribution in [0.25, 0.3) is 32.8 Å². The fourth-order valence-corrected chi connectivity index (χ4v) is 3.63. The molecular weight excluding hydrogens is 494 g/mol. The van der Waals surface area contributed by atoms with E-state index < -0.39 is 0 Å². The maximum Gasteiger partial charge on any atom is 0.0167 e. The number of pyridine rings is 1. The Bertz CT molecular complexity index is 1120. The molecule has 0 aliphatic carbocycles. The van der Waals surface area contributed by atoms with E-state index >= 15 is 0 Å². The van der Waals surface area contributed by atoms with Crippen molar-refractivity contribution >= 4 is 21.5 Å². The van der Waals surface area contributed by atoms with E-state index in [4.69, 9.17) is 4.98 Å². The number of aryl methyl sites for hydroxylation is 4. The van der Waals surface area contributed by atoms with Crippen molar-refractivity contribution in [3.63, 3.8) is 0 Å². The summed E-state index contributed by atoms with van der Waals surface area (Å²) in [6.07, 6.45) is 1.92. The summed E-state index contributed by atoms with van der Waals surface area (Å²) in [7, 11) is 0. The third-order valence-corrected chi connectivity index (χ3v) is 5.57. The quantitative estimate of drug-likeness (QED) is 0.211. The van der Waals surface area contributed by atoms with Gasteiger partial charge in [-0.1, -0.05) is 45.0 Å². The molecule has 0 spiro atoms. The van der Waals surface area contributed by atoms with Crippen molar-refractivity contribution in [2.75, 3.05) is 0 Å². The summed E-state index contributed by atoms with van der Waals surface area (Å²) < 4.78 is 0. The number of rotatable bonds is 1. The van der Waals surface area contributed by atoms with Crippen molar-refractivity contribution < 1.29 is 20.1 Å². The first-order valence-electron chi connectivity index (χ1n) is 8.75. The standard InChI is InChI=1S/C24H22N.Ir/c1-14-6-7-21-20(18(14)5)8-9-23-22(21)10-11-25-24(23)19-12-15(2)17(4)16(3)13-19;/h6-12H,1-5H3;/q-1;. The largest absolute Gasteiger partial charge is 0.304 e. The van der Waals surface area contributed by atoms with Crippen LogP contribution in [0.4, 0.5) is 0 Å². The van der Waals surface area contributed by atoms with E-state index in [1.165, 1.54) is 49.4 Å². The number of nitrogens with zero attached hydrogens (tertiary/aromatic N) is 1. The van der Waals surface area contributed by atoms with Gasteiger partial charge in [0.1, 0.15) is 0 Å². The second-order valence-corrected chi connectivity index (χ2v) is 7.04. The van der Waals surface area contributed by atoms with Gasteiger partial charge >= 0.3 is 0 Å². The minimum Gasteiger partial charge on any atom is -0.304 e. The van der Waals surface area contributed by atoms with Gasteiger partial charge in [0.05, 0.1) is 0 Å². The fourth-order valence-electron chi connectivity index (χ4n) is 3.63. The fraction of sp³-hybridized carbons (Fsp3) is 0.208. The summed E-state index contributed by atoms with van der Waals surface area (Å²) >= 11 is 0. The van der Waals surface area contributed by atoms with E-state index in [1.807, 2.05) is 6.20 Å². The van der Waals surface area contributed by atoms with Crippen LogP contribution in [0.15, 0.2) is 42.6 Å². The molecule has 0 aliphatic heterocycles. The van der Waals surface area contributed by atoms with Crippen molar-refractivity contribution in [3.05, 3.63) is 76.5 Å². The molecule has 0 unspecified atom stereocenters. The van der Waals surface area contributed by atoms with Gasteiger partial charge < -0.3 is 4.98 Å². The average molecular weight is 517 g/mol. The topological polar surface area (TPSA) is 12.9 Å². The zero-order valence-electron chi connectivity index (χ0n) is 15.8. The molecule has 1 aromatic heterocycles. The second kappa shape index (κ2) is 6.95. The van der Waals surface area contributed by atoms with Crippen LogP contribution in [-0.2, 0) is 20.1 Å². The minimum absolute atomic E-state index is 0. The molecule has 0 saturated carbocycles. The Morgan fingerprint density at radius 2 is 1.35 bits per heavy atom. The summed E-state index contributed by atoms with van der Waals surface area (Å²) in [5.74, 6) is 0. The molecule has 2 heteroatoms. The Kier molecular flexibility index (Phi) is 5.01. The molecule has 0 atom stereocenters. The Morgan fingerprint density at radius 3 is 2.08 bits per heavy atom. The van der Waals surface area contributed by atoms with E-state index in [0.717, 1.165) is 11.3 Å². The zero-order chi connectivity index (χ0) is 17.7. The molecule has 1 nitrogen and oxygen atoms in total. The summed E-state index contributed by atoms with van der Waals surface area (Å²) in [5.41, 5.74) is 8.57. The minimum atomic E-state index is 0. The van der Waals surface area contributed by atoms with Crippen molar-refractivity contribution in [2.24, 2.45) is 0 Å². The van der Waals surface area contributed by atoms with Gasteiger partial charge in [0, 0.05) is 26.3 Å². The molecule has 1 heterocycles. The third kappa shape index (κ3) is 2.88. The molecule has 26 heavy (non-hydrogen) atoms. The number of fused-ring (bicyclic) bond motifs is 3. The van der Waals surface area contributed by atoms with E-state index in [-0.39, 0.29) is 20.1 Å². The van der Waals surface area contributed by atoms with Crippen molar-refractivity contribution in [1.82, 2.24) is 4.98 Å². The van der Waals surface area contributed by atoms with Gasteiger partial charge in [-0.05, 0) is 58.3 Å².